The lowest BCUT2D eigenvalue weighted by Crippen LogP contribution is -2.33. The standard InChI is InChI=1S/C17H12BrCl3N2OS/c18-11-2-4-14(20)13(7-11)16(24)23-6-5-22-17(23)25-9-10-1-3-12(19)8-15(10)21/h1-4,7-8H,5-6,9H2. The normalized spacial score (nSPS) is 13.9. The van der Waals surface area contributed by atoms with Gasteiger partial charge in [0, 0.05) is 26.8 Å². The van der Waals surface area contributed by atoms with Gasteiger partial charge in [0.25, 0.3) is 5.91 Å². The lowest BCUT2D eigenvalue weighted by Gasteiger charge is -2.19. The Hall–Kier alpha value is -0.720. The summed E-state index contributed by atoms with van der Waals surface area (Å²) in [7, 11) is 0. The van der Waals surface area contributed by atoms with E-state index in [0.717, 1.165) is 10.0 Å². The zero-order chi connectivity index (χ0) is 18.0. The van der Waals surface area contributed by atoms with Crippen LogP contribution in [0.5, 0.6) is 0 Å². The molecule has 0 fully saturated rings. The molecular formula is C17H12BrCl3N2OS. The van der Waals surface area contributed by atoms with E-state index in [-0.39, 0.29) is 5.91 Å². The first kappa shape index (κ1) is 19.1. The summed E-state index contributed by atoms with van der Waals surface area (Å²) in [6.07, 6.45) is 0. The number of hydrogen-bond acceptors (Lipinski definition) is 3. The topological polar surface area (TPSA) is 32.7 Å². The third-order valence-electron chi connectivity index (χ3n) is 3.58. The monoisotopic (exact) mass is 476 g/mol. The van der Waals surface area contributed by atoms with Crippen LogP contribution in [-0.4, -0.2) is 29.1 Å². The van der Waals surface area contributed by atoms with Crippen LogP contribution in [0.1, 0.15) is 15.9 Å². The highest BCUT2D eigenvalue weighted by molar-refractivity contribution is 9.10. The molecule has 3 rings (SSSR count). The second-order valence-corrected chi connectivity index (χ2v) is 8.38. The minimum Gasteiger partial charge on any atom is -0.286 e. The maximum atomic E-state index is 12.8. The minimum absolute atomic E-state index is 0.155. The van der Waals surface area contributed by atoms with Gasteiger partial charge >= 0.3 is 0 Å². The molecule has 3 nitrogen and oxygen atoms in total. The molecule has 0 aliphatic carbocycles. The summed E-state index contributed by atoms with van der Waals surface area (Å²) in [6.45, 7) is 1.12. The van der Waals surface area contributed by atoms with Crippen LogP contribution in [-0.2, 0) is 5.75 Å². The zero-order valence-electron chi connectivity index (χ0n) is 12.8. The first-order valence-corrected chi connectivity index (χ1v) is 10.2. The van der Waals surface area contributed by atoms with Crippen molar-refractivity contribution >= 4 is 73.6 Å². The predicted octanol–water partition coefficient (Wildman–Crippen LogP) is 6.15. The molecule has 8 heteroatoms. The second kappa shape index (κ2) is 8.31. The molecule has 1 aliphatic heterocycles. The Kier molecular flexibility index (Phi) is 6.34. The highest BCUT2D eigenvalue weighted by Crippen LogP contribution is 2.29. The van der Waals surface area contributed by atoms with Gasteiger partial charge in [-0.25, -0.2) is 0 Å². The van der Waals surface area contributed by atoms with E-state index in [4.69, 9.17) is 34.8 Å². The number of benzene rings is 2. The fourth-order valence-corrected chi connectivity index (χ4v) is 4.49. The summed E-state index contributed by atoms with van der Waals surface area (Å²) >= 11 is 23.2. The van der Waals surface area contributed by atoms with E-state index >= 15 is 0 Å². The van der Waals surface area contributed by atoms with Gasteiger partial charge in [-0.15, -0.1) is 0 Å². The molecule has 0 saturated heterocycles. The summed E-state index contributed by atoms with van der Waals surface area (Å²) in [5, 5.41) is 2.29. The maximum absolute atomic E-state index is 12.8. The molecule has 0 N–H and O–H groups in total. The highest BCUT2D eigenvalue weighted by atomic mass is 79.9. The molecule has 0 saturated carbocycles. The SMILES string of the molecule is O=C(c1cc(Br)ccc1Cl)N1CCN=C1SCc1ccc(Cl)cc1Cl. The van der Waals surface area contributed by atoms with Gasteiger partial charge in [-0.2, -0.15) is 0 Å². The van der Waals surface area contributed by atoms with Gasteiger partial charge < -0.3 is 0 Å². The quantitative estimate of drug-likeness (QED) is 0.530. The lowest BCUT2D eigenvalue weighted by molar-refractivity contribution is 0.0861. The van der Waals surface area contributed by atoms with Crippen molar-refractivity contribution in [3.8, 4) is 0 Å². The molecule has 1 aliphatic rings. The largest absolute Gasteiger partial charge is 0.286 e. The molecule has 0 unspecified atom stereocenters. The molecule has 0 radical (unpaired) electrons. The molecule has 130 valence electrons. The molecule has 2 aromatic carbocycles. The summed E-state index contributed by atoms with van der Waals surface area (Å²) < 4.78 is 0.804. The molecule has 1 heterocycles. The van der Waals surface area contributed by atoms with Crippen molar-refractivity contribution in [2.75, 3.05) is 13.1 Å². The fourth-order valence-electron chi connectivity index (χ4n) is 2.33. The Morgan fingerprint density at radius 1 is 1.16 bits per heavy atom. The van der Waals surface area contributed by atoms with Crippen molar-refractivity contribution in [3.63, 3.8) is 0 Å². The molecule has 25 heavy (non-hydrogen) atoms. The van der Waals surface area contributed by atoms with Crippen LogP contribution in [0.2, 0.25) is 15.1 Å². The third-order valence-corrected chi connectivity index (χ3v) is 6.05. The number of nitrogens with zero attached hydrogens (tertiary/aromatic N) is 2. The van der Waals surface area contributed by atoms with Gasteiger partial charge in [0.15, 0.2) is 5.17 Å². The van der Waals surface area contributed by atoms with Gasteiger partial charge in [-0.3, -0.25) is 14.7 Å². The van der Waals surface area contributed by atoms with Crippen LogP contribution in [0.4, 0.5) is 0 Å². The van der Waals surface area contributed by atoms with E-state index in [2.05, 4.69) is 20.9 Å². The Labute approximate surface area is 173 Å². The predicted molar refractivity (Wildman–Crippen MR) is 110 cm³/mol. The fraction of sp³-hybridized carbons (Fsp3) is 0.176. The van der Waals surface area contributed by atoms with Crippen molar-refractivity contribution in [1.29, 1.82) is 0 Å². The first-order chi connectivity index (χ1) is 12.0. The number of aliphatic imine (C=N–C) groups is 1. The van der Waals surface area contributed by atoms with Crippen LogP contribution in [0.15, 0.2) is 45.9 Å². The van der Waals surface area contributed by atoms with Gasteiger partial charge in [0.1, 0.15) is 0 Å². The van der Waals surface area contributed by atoms with E-state index in [9.17, 15) is 4.79 Å². The van der Waals surface area contributed by atoms with E-state index in [0.29, 0.717) is 44.6 Å². The second-order valence-electron chi connectivity index (χ2n) is 5.27. The van der Waals surface area contributed by atoms with Crippen molar-refractivity contribution < 1.29 is 4.79 Å². The van der Waals surface area contributed by atoms with E-state index in [1.165, 1.54) is 11.8 Å². The van der Waals surface area contributed by atoms with Gasteiger partial charge in [0.2, 0.25) is 0 Å². The van der Waals surface area contributed by atoms with E-state index < -0.39 is 0 Å². The average Bonchev–Trinajstić information content (AvgIpc) is 3.04. The van der Waals surface area contributed by atoms with Crippen LogP contribution < -0.4 is 0 Å². The molecule has 0 aromatic heterocycles. The molecule has 0 spiro atoms. The summed E-state index contributed by atoms with van der Waals surface area (Å²) in [6, 6.07) is 10.6. The summed E-state index contributed by atoms with van der Waals surface area (Å²) in [5.74, 6) is 0.447. The highest BCUT2D eigenvalue weighted by Gasteiger charge is 2.26. The van der Waals surface area contributed by atoms with Gasteiger partial charge in [-0.1, -0.05) is 68.6 Å². The zero-order valence-corrected chi connectivity index (χ0v) is 17.5. The first-order valence-electron chi connectivity index (χ1n) is 7.34. The number of thioether (sulfide) groups is 1. The number of carbonyl (C=O) groups is 1. The Balaban J connectivity index is 1.74. The number of amides is 1. The number of carbonyl (C=O) groups excluding carboxylic acids is 1. The van der Waals surface area contributed by atoms with E-state index in [1.807, 2.05) is 6.07 Å². The minimum atomic E-state index is -0.155. The van der Waals surface area contributed by atoms with Crippen LogP contribution in [0.3, 0.4) is 0 Å². The molecular weight excluding hydrogens is 467 g/mol. The smallest absolute Gasteiger partial charge is 0.261 e. The van der Waals surface area contributed by atoms with Crippen LogP contribution in [0, 0.1) is 0 Å². The van der Waals surface area contributed by atoms with Crippen LogP contribution >= 0.6 is 62.5 Å². The summed E-state index contributed by atoms with van der Waals surface area (Å²) in [5.41, 5.74) is 1.40. The Morgan fingerprint density at radius 2 is 1.96 bits per heavy atom. The molecule has 2 aromatic rings. The van der Waals surface area contributed by atoms with Crippen molar-refractivity contribution in [2.24, 2.45) is 4.99 Å². The Bertz CT molecular complexity index is 860. The maximum Gasteiger partial charge on any atom is 0.261 e. The van der Waals surface area contributed by atoms with Crippen molar-refractivity contribution in [3.05, 3.63) is 67.1 Å². The molecule has 0 bridgehead atoms. The van der Waals surface area contributed by atoms with Gasteiger partial charge in [0.05, 0.1) is 17.1 Å². The lowest BCUT2D eigenvalue weighted by atomic mass is 10.2. The molecule has 0 atom stereocenters. The van der Waals surface area contributed by atoms with Crippen molar-refractivity contribution in [2.45, 2.75) is 5.75 Å². The molecule has 1 amide bonds. The Morgan fingerprint density at radius 3 is 2.72 bits per heavy atom. The number of amidine groups is 1. The average molecular weight is 479 g/mol. The number of rotatable bonds is 3. The van der Waals surface area contributed by atoms with Crippen molar-refractivity contribution in [1.82, 2.24) is 4.90 Å². The van der Waals surface area contributed by atoms with Gasteiger partial charge in [-0.05, 0) is 35.9 Å². The van der Waals surface area contributed by atoms with E-state index in [1.54, 1.807) is 35.2 Å². The number of hydrogen-bond donors (Lipinski definition) is 0. The van der Waals surface area contributed by atoms with Crippen LogP contribution in [0.25, 0.3) is 0 Å². The number of halogens is 4. The third kappa shape index (κ3) is 4.52. The summed E-state index contributed by atoms with van der Waals surface area (Å²) in [4.78, 5) is 18.9.